The van der Waals surface area contributed by atoms with E-state index in [2.05, 4.69) is 27.8 Å². The first-order chi connectivity index (χ1) is 17.4. The molecule has 200 valence electrons. The maximum absolute atomic E-state index is 13.6. The Balaban J connectivity index is 1.74. The molecule has 0 aliphatic carbocycles. The number of fused-ring (bicyclic) bond motifs is 1. The standard InChI is InChI=1S/C24H36FN5O6/c1-4-6-7-8-9-10-11-12-13-35-23(32)36-17-34-15-24(5-2,33-3)18(31)14-30-16-27-19-20(26)28-22(25)29-21(19)30/h2,16,18,31H,4,6-15,17H2,1,3H3,(H2,26,28,29)/t18-,24?/m0/s1. The van der Waals surface area contributed by atoms with Crippen molar-refractivity contribution in [2.75, 3.05) is 32.9 Å². The van der Waals surface area contributed by atoms with E-state index in [1.165, 1.54) is 50.1 Å². The number of nitrogens with two attached hydrogens (primary N) is 1. The number of aliphatic hydroxyl groups excluding tert-OH is 1. The predicted molar refractivity (Wildman–Crippen MR) is 130 cm³/mol. The van der Waals surface area contributed by atoms with E-state index >= 15 is 0 Å². The average Bonchev–Trinajstić information content (AvgIpc) is 3.26. The van der Waals surface area contributed by atoms with E-state index in [4.69, 9.17) is 31.1 Å². The third-order valence-electron chi connectivity index (χ3n) is 5.77. The van der Waals surface area contributed by atoms with E-state index in [1.54, 1.807) is 0 Å². The van der Waals surface area contributed by atoms with Gasteiger partial charge in [0.1, 0.15) is 11.6 Å². The van der Waals surface area contributed by atoms with Crippen molar-refractivity contribution in [1.29, 1.82) is 0 Å². The van der Waals surface area contributed by atoms with Gasteiger partial charge < -0.3 is 34.4 Å². The summed E-state index contributed by atoms with van der Waals surface area (Å²) in [5, 5.41) is 10.8. The Morgan fingerprint density at radius 3 is 2.58 bits per heavy atom. The summed E-state index contributed by atoms with van der Waals surface area (Å²) in [6.07, 6.45) is 12.8. The van der Waals surface area contributed by atoms with E-state index < -0.39 is 30.7 Å². The largest absolute Gasteiger partial charge is 0.510 e. The van der Waals surface area contributed by atoms with Crippen LogP contribution in [0.25, 0.3) is 11.2 Å². The number of aromatic nitrogens is 4. The van der Waals surface area contributed by atoms with Crippen LogP contribution in [0.2, 0.25) is 0 Å². The molecule has 0 bridgehead atoms. The van der Waals surface area contributed by atoms with Crippen molar-refractivity contribution in [3.63, 3.8) is 0 Å². The molecule has 2 heterocycles. The number of nitrogens with zero attached hydrogens (tertiary/aromatic N) is 4. The molecule has 1 unspecified atom stereocenters. The van der Waals surface area contributed by atoms with E-state index in [-0.39, 0.29) is 36.7 Å². The average molecular weight is 510 g/mol. The maximum Gasteiger partial charge on any atom is 0.510 e. The first kappa shape index (κ1) is 29.2. The van der Waals surface area contributed by atoms with Gasteiger partial charge in [0.05, 0.1) is 26.1 Å². The molecule has 0 saturated carbocycles. The van der Waals surface area contributed by atoms with E-state index in [1.807, 2.05) is 0 Å². The second-order valence-corrected chi connectivity index (χ2v) is 8.38. The summed E-state index contributed by atoms with van der Waals surface area (Å²) in [6.45, 7) is 1.56. The fourth-order valence-electron chi connectivity index (χ4n) is 3.61. The number of nitrogen functional groups attached to an aromatic ring is 1. The van der Waals surface area contributed by atoms with Crippen molar-refractivity contribution < 1.29 is 33.2 Å². The minimum Gasteiger partial charge on any atom is -0.434 e. The molecule has 3 N–H and O–H groups in total. The second-order valence-electron chi connectivity index (χ2n) is 8.38. The topological polar surface area (TPSA) is 144 Å². The number of ether oxygens (including phenoxy) is 4. The summed E-state index contributed by atoms with van der Waals surface area (Å²) in [6, 6.07) is 0. The molecule has 0 amide bonds. The molecule has 0 fully saturated rings. The van der Waals surface area contributed by atoms with Crippen molar-refractivity contribution in [1.82, 2.24) is 19.5 Å². The van der Waals surface area contributed by atoms with Gasteiger partial charge in [0.2, 0.25) is 0 Å². The fourth-order valence-corrected chi connectivity index (χ4v) is 3.61. The number of carbonyl (C=O) groups excluding carboxylic acids is 1. The number of aliphatic hydroxyl groups is 1. The first-order valence-corrected chi connectivity index (χ1v) is 12.1. The minimum atomic E-state index is -1.60. The highest BCUT2D eigenvalue weighted by atomic mass is 19.1. The quantitative estimate of drug-likeness (QED) is 0.107. The molecule has 0 spiro atoms. The van der Waals surface area contributed by atoms with Crippen molar-refractivity contribution in [3.05, 3.63) is 12.4 Å². The number of halogens is 1. The summed E-state index contributed by atoms with van der Waals surface area (Å²) in [5.41, 5.74) is 4.33. The summed E-state index contributed by atoms with van der Waals surface area (Å²) >= 11 is 0. The number of anilines is 1. The minimum absolute atomic E-state index is 0.0876. The molecule has 0 saturated heterocycles. The van der Waals surface area contributed by atoms with Crippen LogP contribution in [-0.4, -0.2) is 69.6 Å². The van der Waals surface area contributed by atoms with Gasteiger partial charge in [-0.1, -0.05) is 57.8 Å². The van der Waals surface area contributed by atoms with Gasteiger partial charge in [-0.3, -0.25) is 0 Å². The second kappa shape index (κ2) is 15.2. The van der Waals surface area contributed by atoms with Crippen LogP contribution in [-0.2, 0) is 25.5 Å². The maximum atomic E-state index is 13.6. The lowest BCUT2D eigenvalue weighted by Gasteiger charge is -2.31. The Labute approximate surface area is 210 Å². The predicted octanol–water partition coefficient (Wildman–Crippen LogP) is 3.19. The number of unbranched alkanes of at least 4 members (excludes halogenated alkanes) is 7. The molecular formula is C24H36FN5O6. The molecule has 36 heavy (non-hydrogen) atoms. The smallest absolute Gasteiger partial charge is 0.434 e. The van der Waals surface area contributed by atoms with Crippen LogP contribution in [0.3, 0.4) is 0 Å². The number of methoxy groups -OCH3 is 1. The molecule has 2 rings (SSSR count). The zero-order chi connectivity index (χ0) is 26.4. The van der Waals surface area contributed by atoms with E-state index in [0.29, 0.717) is 0 Å². The van der Waals surface area contributed by atoms with E-state index in [0.717, 1.165) is 19.3 Å². The number of hydrogen-bond donors (Lipinski definition) is 2. The van der Waals surface area contributed by atoms with E-state index in [9.17, 15) is 14.3 Å². The van der Waals surface area contributed by atoms with Crippen LogP contribution in [0, 0.1) is 18.4 Å². The van der Waals surface area contributed by atoms with Crippen LogP contribution >= 0.6 is 0 Å². The molecule has 2 aromatic rings. The van der Waals surface area contributed by atoms with Crippen LogP contribution in [0.15, 0.2) is 6.33 Å². The summed E-state index contributed by atoms with van der Waals surface area (Å²) in [5.74, 6) is 2.24. The van der Waals surface area contributed by atoms with Gasteiger partial charge in [-0.05, 0) is 6.42 Å². The molecule has 11 nitrogen and oxygen atoms in total. The monoisotopic (exact) mass is 509 g/mol. The molecule has 0 aromatic carbocycles. The van der Waals surface area contributed by atoms with Crippen LogP contribution in [0.4, 0.5) is 15.0 Å². The normalized spacial score (nSPS) is 13.8. The number of rotatable bonds is 17. The molecule has 2 atom stereocenters. The highest BCUT2D eigenvalue weighted by Gasteiger charge is 2.37. The zero-order valence-electron chi connectivity index (χ0n) is 20.9. The highest BCUT2D eigenvalue weighted by Crippen LogP contribution is 2.21. The number of terminal acetylenes is 1. The third-order valence-corrected chi connectivity index (χ3v) is 5.77. The van der Waals surface area contributed by atoms with Crippen LogP contribution < -0.4 is 5.73 Å². The molecule has 0 aliphatic heterocycles. The molecule has 2 aromatic heterocycles. The van der Waals surface area contributed by atoms with Gasteiger partial charge >= 0.3 is 12.2 Å². The van der Waals surface area contributed by atoms with Gasteiger partial charge in [0.25, 0.3) is 0 Å². The lowest BCUT2D eigenvalue weighted by atomic mass is 9.98. The van der Waals surface area contributed by atoms with Gasteiger partial charge in [-0.2, -0.15) is 14.4 Å². The van der Waals surface area contributed by atoms with Gasteiger partial charge in [-0.15, -0.1) is 6.42 Å². The molecular weight excluding hydrogens is 473 g/mol. The number of imidazole rings is 1. The summed E-state index contributed by atoms with van der Waals surface area (Å²) in [7, 11) is 1.30. The fraction of sp³-hybridized carbons (Fsp3) is 0.667. The molecule has 0 radical (unpaired) electrons. The van der Waals surface area contributed by atoms with Gasteiger partial charge in [0, 0.05) is 7.11 Å². The number of carbonyl (C=O) groups is 1. The van der Waals surface area contributed by atoms with Crippen molar-refractivity contribution in [2.24, 2.45) is 0 Å². The lowest BCUT2D eigenvalue weighted by Crippen LogP contribution is -2.49. The lowest BCUT2D eigenvalue weighted by molar-refractivity contribution is -0.136. The van der Waals surface area contributed by atoms with Crippen molar-refractivity contribution in [3.8, 4) is 12.3 Å². The number of hydrogen-bond acceptors (Lipinski definition) is 10. The van der Waals surface area contributed by atoms with Gasteiger partial charge in [0.15, 0.2) is 23.9 Å². The summed E-state index contributed by atoms with van der Waals surface area (Å²) < 4.78 is 35.5. The molecule has 12 heteroatoms. The third kappa shape index (κ3) is 8.58. The van der Waals surface area contributed by atoms with Gasteiger partial charge in [-0.25, -0.2) is 9.78 Å². The highest BCUT2D eigenvalue weighted by molar-refractivity contribution is 5.81. The Morgan fingerprint density at radius 1 is 1.22 bits per heavy atom. The van der Waals surface area contributed by atoms with Crippen LogP contribution in [0.1, 0.15) is 58.3 Å². The first-order valence-electron chi connectivity index (χ1n) is 12.1. The van der Waals surface area contributed by atoms with Crippen molar-refractivity contribution in [2.45, 2.75) is 76.5 Å². The Bertz CT molecular complexity index is 997. The molecule has 0 aliphatic rings. The summed E-state index contributed by atoms with van der Waals surface area (Å²) in [4.78, 5) is 22.9. The Kier molecular flexibility index (Phi) is 12.3. The van der Waals surface area contributed by atoms with Crippen LogP contribution in [0.5, 0.6) is 0 Å². The Hall–Kier alpha value is -3.01. The van der Waals surface area contributed by atoms with Crippen molar-refractivity contribution >= 4 is 23.1 Å². The zero-order valence-corrected chi connectivity index (χ0v) is 20.9. The SMILES string of the molecule is C#CC(COCOC(=O)OCCCCCCCCCC)(OC)[C@@H](O)Cn1cnc2c(N)nc(F)nc21. The Morgan fingerprint density at radius 2 is 1.92 bits per heavy atom.